The molecule has 1 heterocycles. The SMILES string of the molecule is CC(C)(C)C(=O)CNC(=O)c1ccccc1SCc1coc(-c2ccccc2)n1. The van der Waals surface area contributed by atoms with Gasteiger partial charge >= 0.3 is 0 Å². The molecule has 0 radical (unpaired) electrons. The fourth-order valence-electron chi connectivity index (χ4n) is 2.54. The van der Waals surface area contributed by atoms with Gasteiger partial charge in [-0.2, -0.15) is 0 Å². The molecule has 0 saturated heterocycles. The molecule has 0 unspecified atom stereocenters. The number of Topliss-reactive ketones (excluding diaryl/α,β-unsaturated/α-hetero) is 1. The number of amides is 1. The molecule has 29 heavy (non-hydrogen) atoms. The van der Waals surface area contributed by atoms with Crippen LogP contribution in [0.4, 0.5) is 0 Å². The van der Waals surface area contributed by atoms with Crippen molar-refractivity contribution in [3.8, 4) is 11.5 Å². The minimum atomic E-state index is -0.481. The Morgan fingerprint density at radius 3 is 2.45 bits per heavy atom. The van der Waals surface area contributed by atoms with E-state index in [0.717, 1.165) is 16.2 Å². The third-order valence-electron chi connectivity index (χ3n) is 4.33. The van der Waals surface area contributed by atoms with Gasteiger partial charge in [-0.05, 0) is 24.3 Å². The van der Waals surface area contributed by atoms with Crippen molar-refractivity contribution in [1.82, 2.24) is 10.3 Å². The van der Waals surface area contributed by atoms with Gasteiger partial charge in [-0.3, -0.25) is 9.59 Å². The van der Waals surface area contributed by atoms with Crippen molar-refractivity contribution in [2.24, 2.45) is 5.41 Å². The maximum Gasteiger partial charge on any atom is 0.252 e. The van der Waals surface area contributed by atoms with Gasteiger partial charge in [0.25, 0.3) is 5.91 Å². The summed E-state index contributed by atoms with van der Waals surface area (Å²) in [7, 11) is 0. The standard InChI is InChI=1S/C23H24N2O3S/c1-23(2,3)20(26)13-24-21(27)18-11-7-8-12-19(18)29-15-17-14-28-22(25-17)16-9-5-4-6-10-16/h4-12,14H,13,15H2,1-3H3,(H,24,27). The van der Waals surface area contributed by atoms with Gasteiger partial charge in [0.2, 0.25) is 5.89 Å². The Balaban J connectivity index is 1.64. The zero-order valence-electron chi connectivity index (χ0n) is 16.8. The van der Waals surface area contributed by atoms with Gasteiger partial charge in [-0.25, -0.2) is 4.98 Å². The van der Waals surface area contributed by atoms with Crippen LogP contribution in [0.5, 0.6) is 0 Å². The predicted octanol–water partition coefficient (Wildman–Crippen LogP) is 4.98. The van der Waals surface area contributed by atoms with E-state index >= 15 is 0 Å². The van der Waals surface area contributed by atoms with Crippen molar-refractivity contribution < 1.29 is 14.0 Å². The van der Waals surface area contributed by atoms with Gasteiger partial charge in [0.05, 0.1) is 17.8 Å². The second-order valence-electron chi connectivity index (χ2n) is 7.65. The lowest BCUT2D eigenvalue weighted by molar-refractivity contribution is -0.125. The second-order valence-corrected chi connectivity index (χ2v) is 8.67. The summed E-state index contributed by atoms with van der Waals surface area (Å²) >= 11 is 1.51. The molecule has 2 aromatic carbocycles. The largest absolute Gasteiger partial charge is 0.444 e. The van der Waals surface area contributed by atoms with Gasteiger partial charge in [0, 0.05) is 21.6 Å². The Labute approximate surface area is 174 Å². The Morgan fingerprint density at radius 1 is 1.03 bits per heavy atom. The van der Waals surface area contributed by atoms with Crippen molar-refractivity contribution in [3.63, 3.8) is 0 Å². The van der Waals surface area contributed by atoms with Crippen molar-refractivity contribution in [2.45, 2.75) is 31.4 Å². The molecule has 1 aromatic heterocycles. The fourth-order valence-corrected chi connectivity index (χ4v) is 3.47. The summed E-state index contributed by atoms with van der Waals surface area (Å²) in [5, 5.41) is 2.73. The van der Waals surface area contributed by atoms with Crippen molar-refractivity contribution in [2.75, 3.05) is 6.54 Å². The van der Waals surface area contributed by atoms with E-state index in [1.807, 2.05) is 69.3 Å². The molecule has 0 aliphatic carbocycles. The number of rotatable bonds is 7. The summed E-state index contributed by atoms with van der Waals surface area (Å²) in [5.74, 6) is 0.887. The van der Waals surface area contributed by atoms with Crippen LogP contribution in [0.25, 0.3) is 11.5 Å². The van der Waals surface area contributed by atoms with E-state index in [4.69, 9.17) is 4.42 Å². The molecule has 0 bridgehead atoms. The summed E-state index contributed by atoms with van der Waals surface area (Å²) in [6.07, 6.45) is 1.64. The number of hydrogen-bond donors (Lipinski definition) is 1. The second kappa shape index (κ2) is 9.09. The first-order valence-corrected chi connectivity index (χ1v) is 10.4. The predicted molar refractivity (Wildman–Crippen MR) is 115 cm³/mol. The molecule has 0 saturated carbocycles. The van der Waals surface area contributed by atoms with Gasteiger partial charge in [-0.15, -0.1) is 11.8 Å². The number of hydrogen-bond acceptors (Lipinski definition) is 5. The third kappa shape index (κ3) is 5.57. The molecule has 0 fully saturated rings. The lowest BCUT2D eigenvalue weighted by Crippen LogP contribution is -2.35. The molecule has 0 spiro atoms. The van der Waals surface area contributed by atoms with E-state index in [1.54, 1.807) is 12.3 Å². The molecule has 6 heteroatoms. The Bertz CT molecular complexity index is 991. The first-order chi connectivity index (χ1) is 13.8. The fraction of sp³-hybridized carbons (Fsp3) is 0.261. The van der Waals surface area contributed by atoms with Crippen LogP contribution in [0, 0.1) is 5.41 Å². The van der Waals surface area contributed by atoms with Crippen LogP contribution in [-0.2, 0) is 10.5 Å². The molecule has 150 valence electrons. The first kappa shape index (κ1) is 20.9. The van der Waals surface area contributed by atoms with Gasteiger partial charge in [0.1, 0.15) is 6.26 Å². The first-order valence-electron chi connectivity index (χ1n) is 9.38. The lowest BCUT2D eigenvalue weighted by Gasteiger charge is -2.17. The van der Waals surface area contributed by atoms with E-state index in [-0.39, 0.29) is 18.2 Å². The van der Waals surface area contributed by atoms with E-state index in [0.29, 0.717) is 17.2 Å². The molecule has 0 aliphatic heterocycles. The molecular weight excluding hydrogens is 384 g/mol. The number of benzene rings is 2. The summed E-state index contributed by atoms with van der Waals surface area (Å²) < 4.78 is 5.57. The van der Waals surface area contributed by atoms with E-state index in [9.17, 15) is 9.59 Å². The van der Waals surface area contributed by atoms with Crippen LogP contribution in [0.3, 0.4) is 0 Å². The highest BCUT2D eigenvalue weighted by Gasteiger charge is 2.22. The molecular formula is C23H24N2O3S. The van der Waals surface area contributed by atoms with Crippen LogP contribution in [0.2, 0.25) is 0 Å². The highest BCUT2D eigenvalue weighted by Crippen LogP contribution is 2.27. The Hall–Kier alpha value is -2.86. The zero-order chi connectivity index (χ0) is 20.9. The lowest BCUT2D eigenvalue weighted by atomic mass is 9.91. The van der Waals surface area contributed by atoms with Crippen LogP contribution >= 0.6 is 11.8 Å². The minimum absolute atomic E-state index is 0.00739. The number of aromatic nitrogens is 1. The smallest absolute Gasteiger partial charge is 0.252 e. The monoisotopic (exact) mass is 408 g/mol. The number of nitrogens with one attached hydrogen (secondary N) is 1. The summed E-state index contributed by atoms with van der Waals surface area (Å²) in [6.45, 7) is 5.54. The van der Waals surface area contributed by atoms with Gasteiger partial charge in [0.15, 0.2) is 5.78 Å². The van der Waals surface area contributed by atoms with Crippen LogP contribution in [0.1, 0.15) is 36.8 Å². The topological polar surface area (TPSA) is 72.2 Å². The number of ketones is 1. The van der Waals surface area contributed by atoms with Gasteiger partial charge in [-0.1, -0.05) is 51.1 Å². The molecule has 1 amide bonds. The maximum absolute atomic E-state index is 12.6. The average Bonchev–Trinajstić information content (AvgIpc) is 3.19. The number of carbonyl (C=O) groups is 2. The van der Waals surface area contributed by atoms with E-state index in [2.05, 4.69) is 10.3 Å². The highest BCUT2D eigenvalue weighted by molar-refractivity contribution is 7.98. The number of thioether (sulfide) groups is 1. The van der Waals surface area contributed by atoms with Crippen LogP contribution in [-0.4, -0.2) is 23.2 Å². The maximum atomic E-state index is 12.6. The summed E-state index contributed by atoms with van der Waals surface area (Å²) in [4.78, 5) is 30.0. The summed E-state index contributed by atoms with van der Waals surface area (Å²) in [5.41, 5.74) is 1.79. The van der Waals surface area contributed by atoms with E-state index in [1.165, 1.54) is 11.8 Å². The number of nitrogens with zero attached hydrogens (tertiary/aromatic N) is 1. The molecule has 0 aliphatic rings. The normalized spacial score (nSPS) is 11.3. The molecule has 1 N–H and O–H groups in total. The number of carbonyl (C=O) groups excluding carboxylic acids is 2. The van der Waals surface area contributed by atoms with Gasteiger partial charge < -0.3 is 9.73 Å². The zero-order valence-corrected chi connectivity index (χ0v) is 17.6. The number of oxazole rings is 1. The average molecular weight is 409 g/mol. The Kier molecular flexibility index (Phi) is 6.54. The van der Waals surface area contributed by atoms with Crippen LogP contribution < -0.4 is 5.32 Å². The quantitative estimate of drug-likeness (QED) is 0.558. The Morgan fingerprint density at radius 2 is 1.72 bits per heavy atom. The van der Waals surface area contributed by atoms with Crippen molar-refractivity contribution in [1.29, 1.82) is 0 Å². The molecule has 3 aromatic rings. The van der Waals surface area contributed by atoms with Crippen molar-refractivity contribution >= 4 is 23.5 Å². The van der Waals surface area contributed by atoms with E-state index < -0.39 is 5.41 Å². The highest BCUT2D eigenvalue weighted by atomic mass is 32.2. The molecule has 5 nitrogen and oxygen atoms in total. The molecule has 0 atom stereocenters. The third-order valence-corrected chi connectivity index (χ3v) is 5.43. The minimum Gasteiger partial charge on any atom is -0.444 e. The van der Waals surface area contributed by atoms with Crippen LogP contribution in [0.15, 0.2) is 70.2 Å². The summed E-state index contributed by atoms with van der Waals surface area (Å²) in [6, 6.07) is 17.1. The molecule has 3 rings (SSSR count). The van der Waals surface area contributed by atoms with Crippen molar-refractivity contribution in [3.05, 3.63) is 72.1 Å².